The van der Waals surface area contributed by atoms with Gasteiger partial charge >= 0.3 is 0 Å². The molecule has 0 aliphatic heterocycles. The lowest BCUT2D eigenvalue weighted by molar-refractivity contribution is 0.757. The van der Waals surface area contributed by atoms with Gasteiger partial charge < -0.3 is 10.3 Å². The van der Waals surface area contributed by atoms with Gasteiger partial charge in [0.1, 0.15) is 17.5 Å². The summed E-state index contributed by atoms with van der Waals surface area (Å²) in [5.74, 6) is 9.00. The first-order valence-corrected chi connectivity index (χ1v) is 6.71. The fourth-order valence-electron chi connectivity index (χ4n) is 2.17. The number of hydrogen-bond acceptors (Lipinski definition) is 5. The van der Waals surface area contributed by atoms with Crippen LogP contribution < -0.4 is 16.2 Å². The summed E-state index contributed by atoms with van der Waals surface area (Å²) >= 11 is 0. The van der Waals surface area contributed by atoms with Crippen molar-refractivity contribution in [2.75, 3.05) is 23.9 Å². The van der Waals surface area contributed by atoms with Gasteiger partial charge in [-0.3, -0.25) is 0 Å². The van der Waals surface area contributed by atoms with Crippen LogP contribution in [0.4, 0.5) is 11.6 Å². The Kier molecular flexibility index (Phi) is 4.01. The molecule has 1 aliphatic carbocycles. The second-order valence-electron chi connectivity index (χ2n) is 5.16. The first kappa shape index (κ1) is 13.1. The van der Waals surface area contributed by atoms with Gasteiger partial charge in [-0.15, -0.1) is 0 Å². The minimum atomic E-state index is 0.742. The van der Waals surface area contributed by atoms with E-state index in [0.29, 0.717) is 0 Å². The van der Waals surface area contributed by atoms with Crippen LogP contribution in [-0.4, -0.2) is 23.6 Å². The van der Waals surface area contributed by atoms with E-state index in [4.69, 9.17) is 5.84 Å². The Balaban J connectivity index is 2.26. The summed E-state index contributed by atoms with van der Waals surface area (Å²) < 4.78 is 0. The molecular formula is C13H23N5. The number of aromatic nitrogens is 2. The molecule has 1 aromatic heterocycles. The van der Waals surface area contributed by atoms with Crippen molar-refractivity contribution in [2.24, 2.45) is 11.8 Å². The van der Waals surface area contributed by atoms with E-state index in [1.165, 1.54) is 12.8 Å². The molecule has 100 valence electrons. The lowest BCUT2D eigenvalue weighted by Crippen LogP contribution is -2.24. The fourth-order valence-corrected chi connectivity index (χ4v) is 2.17. The van der Waals surface area contributed by atoms with E-state index in [1.54, 1.807) is 0 Å². The number of anilines is 2. The molecule has 1 aliphatic rings. The lowest BCUT2D eigenvalue weighted by Gasteiger charge is -2.22. The number of nitrogen functional groups attached to an aromatic ring is 1. The van der Waals surface area contributed by atoms with Gasteiger partial charge in [0.05, 0.1) is 0 Å². The number of nitrogens with one attached hydrogen (secondary N) is 1. The average molecular weight is 249 g/mol. The van der Waals surface area contributed by atoms with Crippen LogP contribution >= 0.6 is 0 Å². The number of nitrogens with two attached hydrogens (primary N) is 1. The first-order valence-electron chi connectivity index (χ1n) is 6.71. The van der Waals surface area contributed by atoms with Gasteiger partial charge in [-0.05, 0) is 32.1 Å². The van der Waals surface area contributed by atoms with Crippen molar-refractivity contribution < 1.29 is 0 Å². The summed E-state index contributed by atoms with van der Waals surface area (Å²) in [5, 5.41) is 0. The van der Waals surface area contributed by atoms with Gasteiger partial charge in [-0.25, -0.2) is 15.8 Å². The highest BCUT2D eigenvalue weighted by atomic mass is 15.3. The van der Waals surface area contributed by atoms with E-state index in [1.807, 2.05) is 6.92 Å². The Labute approximate surface area is 109 Å². The highest BCUT2D eigenvalue weighted by Gasteiger charge is 2.24. The molecule has 1 heterocycles. The molecule has 1 aromatic rings. The summed E-state index contributed by atoms with van der Waals surface area (Å²) in [6.45, 7) is 5.23. The molecule has 1 fully saturated rings. The molecule has 0 unspecified atom stereocenters. The standard InChI is InChI=1S/C13H23N5/c1-4-5-11-15-12(17-14)9(2)13(16-11)18(3)8-10-6-7-10/h10H,4-8,14H2,1-3H3,(H,15,16,17). The van der Waals surface area contributed by atoms with Crippen LogP contribution in [0, 0.1) is 12.8 Å². The van der Waals surface area contributed by atoms with Crippen molar-refractivity contribution in [3.8, 4) is 0 Å². The normalized spacial score (nSPS) is 14.7. The highest BCUT2D eigenvalue weighted by molar-refractivity contribution is 5.57. The summed E-state index contributed by atoms with van der Waals surface area (Å²) in [5.41, 5.74) is 3.71. The third-order valence-corrected chi connectivity index (χ3v) is 3.37. The quantitative estimate of drug-likeness (QED) is 0.595. The molecule has 5 nitrogen and oxygen atoms in total. The van der Waals surface area contributed by atoms with Crippen molar-refractivity contribution >= 4 is 11.6 Å². The Morgan fingerprint density at radius 3 is 2.67 bits per heavy atom. The smallest absolute Gasteiger partial charge is 0.148 e. The molecule has 0 saturated heterocycles. The monoisotopic (exact) mass is 249 g/mol. The zero-order valence-electron chi connectivity index (χ0n) is 11.5. The largest absolute Gasteiger partial charge is 0.359 e. The van der Waals surface area contributed by atoms with E-state index in [2.05, 4.69) is 34.3 Å². The van der Waals surface area contributed by atoms with Crippen LogP contribution in [0.2, 0.25) is 0 Å². The maximum absolute atomic E-state index is 5.54. The first-order chi connectivity index (χ1) is 8.65. The Bertz CT molecular complexity index is 414. The molecule has 0 aromatic carbocycles. The molecule has 0 amide bonds. The fraction of sp³-hybridized carbons (Fsp3) is 0.692. The zero-order chi connectivity index (χ0) is 13.1. The molecular weight excluding hydrogens is 226 g/mol. The number of rotatable bonds is 6. The van der Waals surface area contributed by atoms with E-state index in [0.717, 1.165) is 48.3 Å². The van der Waals surface area contributed by atoms with E-state index in [-0.39, 0.29) is 0 Å². The molecule has 18 heavy (non-hydrogen) atoms. The molecule has 2 rings (SSSR count). The summed E-state index contributed by atoms with van der Waals surface area (Å²) in [7, 11) is 2.10. The van der Waals surface area contributed by atoms with Crippen LogP contribution in [0.15, 0.2) is 0 Å². The summed E-state index contributed by atoms with van der Waals surface area (Å²) in [4.78, 5) is 11.3. The second kappa shape index (κ2) is 5.52. The van der Waals surface area contributed by atoms with Crippen LogP contribution in [0.1, 0.15) is 37.6 Å². The third-order valence-electron chi connectivity index (χ3n) is 3.37. The summed E-state index contributed by atoms with van der Waals surface area (Å²) in [6.07, 6.45) is 4.62. The van der Waals surface area contributed by atoms with Crippen molar-refractivity contribution in [1.29, 1.82) is 0 Å². The van der Waals surface area contributed by atoms with E-state index < -0.39 is 0 Å². The number of hydrogen-bond donors (Lipinski definition) is 2. The topological polar surface area (TPSA) is 67.1 Å². The molecule has 0 radical (unpaired) electrons. The van der Waals surface area contributed by atoms with Gasteiger partial charge in [-0.2, -0.15) is 0 Å². The maximum atomic E-state index is 5.54. The van der Waals surface area contributed by atoms with Gasteiger partial charge in [0.2, 0.25) is 0 Å². The molecule has 0 bridgehead atoms. The van der Waals surface area contributed by atoms with E-state index in [9.17, 15) is 0 Å². The van der Waals surface area contributed by atoms with Crippen LogP contribution in [0.25, 0.3) is 0 Å². The molecule has 5 heteroatoms. The molecule has 3 N–H and O–H groups in total. The van der Waals surface area contributed by atoms with Crippen molar-refractivity contribution in [3.05, 3.63) is 11.4 Å². The Morgan fingerprint density at radius 2 is 2.11 bits per heavy atom. The van der Waals surface area contributed by atoms with Gasteiger partial charge in [0, 0.05) is 25.6 Å². The summed E-state index contributed by atoms with van der Waals surface area (Å²) in [6, 6.07) is 0. The van der Waals surface area contributed by atoms with Crippen molar-refractivity contribution in [1.82, 2.24) is 9.97 Å². The second-order valence-corrected chi connectivity index (χ2v) is 5.16. The number of aryl methyl sites for hydroxylation is 1. The number of nitrogens with zero attached hydrogens (tertiary/aromatic N) is 3. The number of hydrazine groups is 1. The van der Waals surface area contributed by atoms with Gasteiger partial charge in [0.25, 0.3) is 0 Å². The van der Waals surface area contributed by atoms with Crippen molar-refractivity contribution in [3.63, 3.8) is 0 Å². The Hall–Kier alpha value is -1.36. The molecule has 0 spiro atoms. The lowest BCUT2D eigenvalue weighted by atomic mass is 10.2. The molecule has 1 saturated carbocycles. The van der Waals surface area contributed by atoms with Gasteiger partial charge in [-0.1, -0.05) is 6.92 Å². The third kappa shape index (κ3) is 2.90. The van der Waals surface area contributed by atoms with Crippen LogP contribution in [-0.2, 0) is 6.42 Å². The highest BCUT2D eigenvalue weighted by Crippen LogP contribution is 2.32. The van der Waals surface area contributed by atoms with Gasteiger partial charge in [0.15, 0.2) is 0 Å². The minimum Gasteiger partial charge on any atom is -0.359 e. The minimum absolute atomic E-state index is 0.742. The van der Waals surface area contributed by atoms with Crippen LogP contribution in [0.5, 0.6) is 0 Å². The van der Waals surface area contributed by atoms with E-state index >= 15 is 0 Å². The Morgan fingerprint density at radius 1 is 1.39 bits per heavy atom. The predicted molar refractivity (Wildman–Crippen MR) is 74.6 cm³/mol. The average Bonchev–Trinajstić information content (AvgIpc) is 3.15. The predicted octanol–water partition coefficient (Wildman–Crippen LogP) is 1.87. The molecule has 0 atom stereocenters. The zero-order valence-corrected chi connectivity index (χ0v) is 11.5. The van der Waals surface area contributed by atoms with Crippen LogP contribution in [0.3, 0.4) is 0 Å². The maximum Gasteiger partial charge on any atom is 0.148 e. The SMILES string of the molecule is CCCc1nc(NN)c(C)c(N(C)CC2CC2)n1. The van der Waals surface area contributed by atoms with Crippen molar-refractivity contribution in [2.45, 2.75) is 39.5 Å².